The van der Waals surface area contributed by atoms with Gasteiger partial charge in [0.05, 0.1) is 4.92 Å². The Morgan fingerprint density at radius 1 is 1.32 bits per heavy atom. The Morgan fingerprint density at radius 2 is 1.95 bits per heavy atom. The van der Waals surface area contributed by atoms with Crippen molar-refractivity contribution in [1.29, 1.82) is 0 Å². The van der Waals surface area contributed by atoms with E-state index < -0.39 is 11.0 Å². The fourth-order valence-electron chi connectivity index (χ4n) is 2.20. The van der Waals surface area contributed by atoms with Gasteiger partial charge in [0, 0.05) is 43.5 Å². The number of nitro groups is 1. The van der Waals surface area contributed by atoms with Crippen molar-refractivity contribution in [2.45, 2.75) is 6.92 Å². The van der Waals surface area contributed by atoms with Gasteiger partial charge in [0.25, 0.3) is 5.69 Å². The summed E-state index contributed by atoms with van der Waals surface area (Å²) in [4.78, 5) is 24.6. The van der Waals surface area contributed by atoms with E-state index in [-0.39, 0.29) is 5.69 Å². The Morgan fingerprint density at radius 3 is 2.42 bits per heavy atom. The predicted molar refractivity (Wildman–Crippen MR) is 69.6 cm³/mol. The molecule has 1 aliphatic rings. The second-order valence-corrected chi connectivity index (χ2v) is 4.48. The largest absolute Gasteiger partial charge is 0.465 e. The van der Waals surface area contributed by atoms with E-state index in [1.165, 1.54) is 11.0 Å². The third-order valence-corrected chi connectivity index (χ3v) is 3.29. The van der Waals surface area contributed by atoms with Crippen LogP contribution in [0.15, 0.2) is 18.2 Å². The average molecular weight is 265 g/mol. The van der Waals surface area contributed by atoms with Gasteiger partial charge in [0.2, 0.25) is 0 Å². The molecule has 1 heterocycles. The van der Waals surface area contributed by atoms with E-state index in [1.54, 1.807) is 19.1 Å². The smallest absolute Gasteiger partial charge is 0.407 e. The highest BCUT2D eigenvalue weighted by atomic mass is 16.6. The first-order valence-corrected chi connectivity index (χ1v) is 5.97. The molecule has 0 radical (unpaired) electrons. The summed E-state index contributed by atoms with van der Waals surface area (Å²) in [5.74, 6) is 0. The number of rotatable bonds is 2. The molecule has 7 heteroatoms. The number of hydrogen-bond acceptors (Lipinski definition) is 4. The summed E-state index contributed by atoms with van der Waals surface area (Å²) in [6.07, 6.45) is -0.903. The Hall–Kier alpha value is -2.31. The number of nitrogens with zero attached hydrogens (tertiary/aromatic N) is 3. The summed E-state index contributed by atoms with van der Waals surface area (Å²) >= 11 is 0. The lowest BCUT2D eigenvalue weighted by Crippen LogP contribution is -2.48. The zero-order valence-corrected chi connectivity index (χ0v) is 10.6. The van der Waals surface area contributed by atoms with E-state index in [4.69, 9.17) is 5.11 Å². The third kappa shape index (κ3) is 2.75. The van der Waals surface area contributed by atoms with Gasteiger partial charge >= 0.3 is 6.09 Å². The Labute approximate surface area is 110 Å². The van der Waals surface area contributed by atoms with Crippen LogP contribution in [0.25, 0.3) is 0 Å². The van der Waals surface area contributed by atoms with E-state index >= 15 is 0 Å². The van der Waals surface area contributed by atoms with E-state index in [1.807, 2.05) is 4.90 Å². The average Bonchev–Trinajstić information content (AvgIpc) is 2.38. The summed E-state index contributed by atoms with van der Waals surface area (Å²) in [5.41, 5.74) is 1.62. The summed E-state index contributed by atoms with van der Waals surface area (Å²) in [7, 11) is 0. The van der Waals surface area contributed by atoms with Crippen molar-refractivity contribution in [2.75, 3.05) is 31.1 Å². The molecule has 2 rings (SSSR count). The summed E-state index contributed by atoms with van der Waals surface area (Å²) in [6, 6.07) is 4.98. The molecular weight excluding hydrogens is 250 g/mol. The molecule has 1 aromatic rings. The van der Waals surface area contributed by atoms with E-state index in [9.17, 15) is 14.9 Å². The molecular formula is C12H15N3O4. The van der Waals surface area contributed by atoms with Gasteiger partial charge < -0.3 is 14.9 Å². The van der Waals surface area contributed by atoms with E-state index in [2.05, 4.69) is 0 Å². The highest BCUT2D eigenvalue weighted by Gasteiger charge is 2.21. The van der Waals surface area contributed by atoms with Crippen molar-refractivity contribution in [2.24, 2.45) is 0 Å². The van der Waals surface area contributed by atoms with Gasteiger partial charge in [-0.15, -0.1) is 0 Å². The molecule has 1 amide bonds. The standard InChI is InChI=1S/C12H15N3O4/c1-9-8-10(2-3-11(9)15(18)19)13-4-6-14(7-5-13)12(16)17/h2-3,8H,4-7H2,1H3,(H,16,17). The van der Waals surface area contributed by atoms with E-state index in [0.717, 1.165) is 5.69 Å². The summed E-state index contributed by atoms with van der Waals surface area (Å²) < 4.78 is 0. The van der Waals surface area contributed by atoms with Crippen molar-refractivity contribution in [1.82, 2.24) is 4.90 Å². The minimum absolute atomic E-state index is 0.105. The minimum atomic E-state index is -0.903. The Kier molecular flexibility index (Phi) is 3.55. The molecule has 0 aromatic heterocycles. The van der Waals surface area contributed by atoms with Crippen LogP contribution in [-0.2, 0) is 0 Å². The van der Waals surface area contributed by atoms with Crippen LogP contribution in [0.1, 0.15) is 5.56 Å². The zero-order chi connectivity index (χ0) is 14.0. The van der Waals surface area contributed by atoms with Crippen molar-refractivity contribution in [3.63, 3.8) is 0 Å². The van der Waals surface area contributed by atoms with Crippen LogP contribution in [0, 0.1) is 17.0 Å². The molecule has 0 aliphatic carbocycles. The molecule has 1 aliphatic heterocycles. The van der Waals surface area contributed by atoms with Gasteiger partial charge in [0.15, 0.2) is 0 Å². The highest BCUT2D eigenvalue weighted by Crippen LogP contribution is 2.24. The van der Waals surface area contributed by atoms with Gasteiger partial charge in [-0.3, -0.25) is 10.1 Å². The highest BCUT2D eigenvalue weighted by molar-refractivity contribution is 5.65. The fourth-order valence-corrected chi connectivity index (χ4v) is 2.20. The maximum atomic E-state index is 10.8. The Balaban J connectivity index is 2.10. The zero-order valence-electron chi connectivity index (χ0n) is 10.6. The molecule has 0 spiro atoms. The Bertz CT molecular complexity index is 510. The summed E-state index contributed by atoms with van der Waals surface area (Å²) in [5, 5.41) is 19.6. The second-order valence-electron chi connectivity index (χ2n) is 4.48. The van der Waals surface area contributed by atoms with Gasteiger partial charge in [-0.2, -0.15) is 0 Å². The normalized spacial score (nSPS) is 15.4. The molecule has 0 bridgehead atoms. The van der Waals surface area contributed by atoms with Crippen LogP contribution < -0.4 is 4.90 Å². The molecule has 7 nitrogen and oxygen atoms in total. The lowest BCUT2D eigenvalue weighted by atomic mass is 10.1. The molecule has 1 N–H and O–H groups in total. The van der Waals surface area contributed by atoms with Crippen LogP contribution in [0.4, 0.5) is 16.2 Å². The number of carbonyl (C=O) groups is 1. The SMILES string of the molecule is Cc1cc(N2CCN(C(=O)O)CC2)ccc1[N+](=O)[O-]. The molecule has 1 fully saturated rings. The quantitative estimate of drug-likeness (QED) is 0.649. The molecule has 1 saturated heterocycles. The molecule has 1 aromatic carbocycles. The van der Waals surface area contributed by atoms with Gasteiger partial charge in [0.1, 0.15) is 0 Å². The lowest BCUT2D eigenvalue weighted by molar-refractivity contribution is -0.385. The maximum absolute atomic E-state index is 10.8. The molecule has 0 atom stereocenters. The van der Waals surface area contributed by atoms with Crippen molar-refractivity contribution < 1.29 is 14.8 Å². The number of piperazine rings is 1. The first-order chi connectivity index (χ1) is 8.99. The fraction of sp³-hybridized carbons (Fsp3) is 0.417. The number of hydrogen-bond donors (Lipinski definition) is 1. The number of carboxylic acid groups (broad SMARTS) is 1. The minimum Gasteiger partial charge on any atom is -0.465 e. The van der Waals surface area contributed by atoms with Crippen molar-refractivity contribution in [3.05, 3.63) is 33.9 Å². The second kappa shape index (κ2) is 5.13. The molecule has 0 saturated carbocycles. The predicted octanol–water partition coefficient (Wildman–Crippen LogP) is 1.70. The topological polar surface area (TPSA) is 86.9 Å². The molecule has 0 unspecified atom stereocenters. The van der Waals surface area contributed by atoms with Crippen LogP contribution in [-0.4, -0.2) is 47.2 Å². The van der Waals surface area contributed by atoms with Crippen LogP contribution in [0.3, 0.4) is 0 Å². The summed E-state index contributed by atoms with van der Waals surface area (Å²) in [6.45, 7) is 3.80. The van der Waals surface area contributed by atoms with Gasteiger partial charge in [-0.05, 0) is 19.1 Å². The van der Waals surface area contributed by atoms with Crippen LogP contribution in [0.5, 0.6) is 0 Å². The van der Waals surface area contributed by atoms with E-state index in [0.29, 0.717) is 31.7 Å². The van der Waals surface area contributed by atoms with Gasteiger partial charge in [-0.1, -0.05) is 0 Å². The molecule has 19 heavy (non-hydrogen) atoms. The first-order valence-electron chi connectivity index (χ1n) is 5.97. The molecule has 102 valence electrons. The number of anilines is 1. The van der Waals surface area contributed by atoms with Crippen molar-refractivity contribution >= 4 is 17.5 Å². The number of benzene rings is 1. The van der Waals surface area contributed by atoms with Crippen LogP contribution in [0.2, 0.25) is 0 Å². The number of amides is 1. The van der Waals surface area contributed by atoms with Gasteiger partial charge in [-0.25, -0.2) is 4.79 Å². The monoisotopic (exact) mass is 265 g/mol. The lowest BCUT2D eigenvalue weighted by Gasteiger charge is -2.34. The maximum Gasteiger partial charge on any atom is 0.407 e. The van der Waals surface area contributed by atoms with Crippen molar-refractivity contribution in [3.8, 4) is 0 Å². The number of aryl methyl sites for hydroxylation is 1. The van der Waals surface area contributed by atoms with Crippen LogP contribution >= 0.6 is 0 Å². The number of nitro benzene ring substituents is 1. The first kappa shape index (κ1) is 13.1. The third-order valence-electron chi connectivity index (χ3n) is 3.29.